The molecule has 3 rings (SSSR count). The van der Waals surface area contributed by atoms with Crippen molar-refractivity contribution in [3.05, 3.63) is 57.7 Å². The van der Waals surface area contributed by atoms with Crippen molar-refractivity contribution in [2.45, 2.75) is 39.0 Å². The van der Waals surface area contributed by atoms with Gasteiger partial charge in [0.2, 0.25) is 0 Å². The van der Waals surface area contributed by atoms with E-state index in [1.54, 1.807) is 12.3 Å². The Morgan fingerprint density at radius 1 is 1.19 bits per heavy atom. The van der Waals surface area contributed by atoms with Crippen LogP contribution in [0.4, 0.5) is 19.0 Å². The van der Waals surface area contributed by atoms with Crippen molar-refractivity contribution in [2.75, 3.05) is 18.6 Å². The fraction of sp³-hybridized carbons (Fsp3) is 0.421. The summed E-state index contributed by atoms with van der Waals surface area (Å²) in [6.07, 6.45) is -2.69. The molecule has 26 heavy (non-hydrogen) atoms. The molecule has 1 aromatic heterocycles. The van der Waals surface area contributed by atoms with Crippen LogP contribution in [0.1, 0.15) is 36.1 Å². The Kier molecular flexibility index (Phi) is 5.17. The number of aromatic nitrogens is 1. The van der Waals surface area contributed by atoms with Gasteiger partial charge in [-0.1, -0.05) is 29.8 Å². The van der Waals surface area contributed by atoms with E-state index in [1.165, 1.54) is 12.1 Å². The van der Waals surface area contributed by atoms with E-state index in [-0.39, 0.29) is 18.0 Å². The van der Waals surface area contributed by atoms with Crippen LogP contribution in [0.5, 0.6) is 0 Å². The van der Waals surface area contributed by atoms with E-state index in [1.807, 2.05) is 7.05 Å². The predicted octanol–water partition coefficient (Wildman–Crippen LogP) is 4.96. The maximum absolute atomic E-state index is 13.3. The van der Waals surface area contributed by atoms with Gasteiger partial charge >= 0.3 is 6.18 Å². The summed E-state index contributed by atoms with van der Waals surface area (Å²) >= 11 is 6.60. The second kappa shape index (κ2) is 7.08. The Balaban J connectivity index is 2.01. The van der Waals surface area contributed by atoms with Gasteiger partial charge in [0.15, 0.2) is 0 Å². The van der Waals surface area contributed by atoms with Gasteiger partial charge in [0.25, 0.3) is 0 Å². The third-order valence-corrected chi connectivity index (χ3v) is 5.05. The van der Waals surface area contributed by atoms with Crippen LogP contribution in [0.25, 0.3) is 0 Å². The number of alkyl halides is 3. The smallest absolute Gasteiger partial charge is 0.341 e. The Morgan fingerprint density at radius 2 is 1.88 bits per heavy atom. The second-order valence-corrected chi connectivity index (χ2v) is 7.33. The minimum absolute atomic E-state index is 0.0974. The lowest BCUT2D eigenvalue weighted by molar-refractivity contribution is -0.138. The molecule has 140 valence electrons. The molecule has 2 aromatic rings. The maximum atomic E-state index is 13.3. The monoisotopic (exact) mass is 383 g/mol. The standard InChI is InChI=1S/C19H21ClF3N3/c1-12(2)26-11-25(3)10-15-17(20)14(9-24-18(15)26)8-13-6-4-5-7-16(13)19(21,22)23/h4-7,9,12H,8,10-11H2,1-3H3. The van der Waals surface area contributed by atoms with Gasteiger partial charge in [0, 0.05) is 30.8 Å². The van der Waals surface area contributed by atoms with Crippen molar-refractivity contribution in [2.24, 2.45) is 0 Å². The number of pyridine rings is 1. The zero-order chi connectivity index (χ0) is 19.1. The molecule has 0 N–H and O–H groups in total. The molecule has 1 aliphatic rings. The van der Waals surface area contributed by atoms with Crippen LogP contribution in [0, 0.1) is 0 Å². The van der Waals surface area contributed by atoms with Crippen molar-refractivity contribution < 1.29 is 13.2 Å². The van der Waals surface area contributed by atoms with Gasteiger partial charge in [-0.05, 0) is 38.1 Å². The number of halogens is 4. The molecule has 0 bridgehead atoms. The molecule has 0 radical (unpaired) electrons. The zero-order valence-electron chi connectivity index (χ0n) is 14.9. The lowest BCUT2D eigenvalue weighted by Crippen LogP contribution is -2.44. The number of hydrogen-bond donors (Lipinski definition) is 0. The summed E-state index contributed by atoms with van der Waals surface area (Å²) in [6.45, 7) is 5.52. The molecule has 0 saturated carbocycles. The summed E-state index contributed by atoms with van der Waals surface area (Å²) in [5.41, 5.74) is 1.06. The molecule has 0 unspecified atom stereocenters. The molecule has 1 aromatic carbocycles. The molecular formula is C19H21ClF3N3. The first-order valence-electron chi connectivity index (χ1n) is 8.45. The second-order valence-electron chi connectivity index (χ2n) is 6.95. The highest BCUT2D eigenvalue weighted by atomic mass is 35.5. The fourth-order valence-corrected chi connectivity index (χ4v) is 3.55. The Bertz CT molecular complexity index is 805. The first kappa shape index (κ1) is 19.0. The summed E-state index contributed by atoms with van der Waals surface area (Å²) < 4.78 is 39.8. The predicted molar refractivity (Wildman–Crippen MR) is 97.4 cm³/mol. The van der Waals surface area contributed by atoms with Crippen molar-refractivity contribution >= 4 is 17.4 Å². The van der Waals surface area contributed by atoms with Gasteiger partial charge in [0.05, 0.1) is 17.3 Å². The molecule has 0 aliphatic carbocycles. The number of fused-ring (bicyclic) bond motifs is 1. The van der Waals surface area contributed by atoms with Gasteiger partial charge < -0.3 is 4.90 Å². The number of rotatable bonds is 3. The summed E-state index contributed by atoms with van der Waals surface area (Å²) in [6, 6.07) is 5.85. The van der Waals surface area contributed by atoms with Gasteiger partial charge in [-0.3, -0.25) is 4.90 Å². The van der Waals surface area contributed by atoms with Crippen molar-refractivity contribution in [1.29, 1.82) is 0 Å². The Morgan fingerprint density at radius 3 is 2.54 bits per heavy atom. The summed E-state index contributed by atoms with van der Waals surface area (Å²) in [5.74, 6) is 0.816. The van der Waals surface area contributed by atoms with Crippen LogP contribution >= 0.6 is 11.6 Å². The SMILES string of the molecule is CC(C)N1CN(C)Cc2c1ncc(Cc1ccccc1C(F)(F)F)c2Cl. The van der Waals surface area contributed by atoms with Crippen LogP contribution in [-0.4, -0.2) is 29.6 Å². The number of nitrogens with zero attached hydrogens (tertiary/aromatic N) is 3. The van der Waals surface area contributed by atoms with Gasteiger partial charge in [-0.2, -0.15) is 13.2 Å². The first-order chi connectivity index (χ1) is 12.2. The molecule has 2 heterocycles. The molecule has 0 fully saturated rings. The van der Waals surface area contributed by atoms with Crippen LogP contribution in [0.3, 0.4) is 0 Å². The van der Waals surface area contributed by atoms with Crippen LogP contribution in [0.15, 0.2) is 30.5 Å². The minimum atomic E-state index is -4.39. The molecular weight excluding hydrogens is 363 g/mol. The highest BCUT2D eigenvalue weighted by molar-refractivity contribution is 6.32. The summed E-state index contributed by atoms with van der Waals surface area (Å²) in [7, 11) is 1.99. The van der Waals surface area contributed by atoms with E-state index in [9.17, 15) is 13.2 Å². The van der Waals surface area contributed by atoms with Crippen molar-refractivity contribution in [1.82, 2.24) is 9.88 Å². The number of benzene rings is 1. The minimum Gasteiger partial charge on any atom is -0.341 e. The van der Waals surface area contributed by atoms with E-state index < -0.39 is 11.7 Å². The third-order valence-electron chi connectivity index (χ3n) is 4.58. The topological polar surface area (TPSA) is 19.4 Å². The average Bonchev–Trinajstić information content (AvgIpc) is 2.56. The molecule has 1 aliphatic heterocycles. The molecule has 3 nitrogen and oxygen atoms in total. The third kappa shape index (κ3) is 3.67. The maximum Gasteiger partial charge on any atom is 0.416 e. The van der Waals surface area contributed by atoms with Crippen LogP contribution < -0.4 is 4.90 Å². The van der Waals surface area contributed by atoms with Gasteiger partial charge in [0.1, 0.15) is 5.82 Å². The Hall–Kier alpha value is -1.79. The van der Waals surface area contributed by atoms with Crippen LogP contribution in [0.2, 0.25) is 5.02 Å². The summed E-state index contributed by atoms with van der Waals surface area (Å²) in [5, 5.41) is 0.504. The number of anilines is 1. The molecule has 0 spiro atoms. The van der Waals surface area contributed by atoms with E-state index in [0.29, 0.717) is 17.1 Å². The highest BCUT2D eigenvalue weighted by Gasteiger charge is 2.33. The largest absolute Gasteiger partial charge is 0.416 e. The van der Waals surface area contributed by atoms with Gasteiger partial charge in [-0.15, -0.1) is 0 Å². The van der Waals surface area contributed by atoms with Crippen LogP contribution in [-0.2, 0) is 19.1 Å². The Labute approximate surface area is 156 Å². The van der Waals surface area contributed by atoms with Crippen molar-refractivity contribution in [3.63, 3.8) is 0 Å². The highest BCUT2D eigenvalue weighted by Crippen LogP contribution is 2.37. The summed E-state index contributed by atoms with van der Waals surface area (Å²) in [4.78, 5) is 8.79. The normalized spacial score (nSPS) is 15.5. The number of hydrogen-bond acceptors (Lipinski definition) is 3. The fourth-order valence-electron chi connectivity index (χ4n) is 3.29. The zero-order valence-corrected chi connectivity index (χ0v) is 15.7. The van der Waals surface area contributed by atoms with Gasteiger partial charge in [-0.25, -0.2) is 4.98 Å². The lowest BCUT2D eigenvalue weighted by Gasteiger charge is -2.38. The molecule has 7 heteroatoms. The van der Waals surface area contributed by atoms with Crippen molar-refractivity contribution in [3.8, 4) is 0 Å². The molecule has 0 saturated heterocycles. The first-order valence-corrected chi connectivity index (χ1v) is 8.82. The van der Waals surface area contributed by atoms with E-state index in [2.05, 4.69) is 28.6 Å². The molecule has 0 amide bonds. The molecule has 0 atom stereocenters. The average molecular weight is 384 g/mol. The van der Waals surface area contributed by atoms with E-state index >= 15 is 0 Å². The lowest BCUT2D eigenvalue weighted by atomic mass is 9.98. The van der Waals surface area contributed by atoms with E-state index in [4.69, 9.17) is 11.6 Å². The quantitative estimate of drug-likeness (QED) is 0.746. The van der Waals surface area contributed by atoms with E-state index in [0.717, 1.165) is 24.1 Å².